The quantitative estimate of drug-likeness (QED) is 0.663. The van der Waals surface area contributed by atoms with Gasteiger partial charge in [-0.15, -0.1) is 0 Å². The van der Waals surface area contributed by atoms with Gasteiger partial charge in [0.2, 0.25) is 0 Å². The van der Waals surface area contributed by atoms with Crippen LogP contribution < -0.4 is 5.32 Å². The van der Waals surface area contributed by atoms with Crippen molar-refractivity contribution < 1.29 is 4.74 Å². The van der Waals surface area contributed by atoms with E-state index in [0.717, 1.165) is 26.1 Å². The molecule has 0 rings (SSSR count). The Morgan fingerprint density at radius 2 is 1.82 bits per heavy atom. The lowest BCUT2D eigenvalue weighted by Crippen LogP contribution is -2.49. The molecule has 0 aliphatic carbocycles. The maximum absolute atomic E-state index is 5.10. The van der Waals surface area contributed by atoms with Crippen LogP contribution in [0.3, 0.4) is 0 Å². The molecule has 0 aromatic carbocycles. The predicted octanol–water partition coefficient (Wildman–Crippen LogP) is 2.37. The van der Waals surface area contributed by atoms with E-state index in [1.54, 1.807) is 7.11 Å². The number of hydrogen-bond acceptors (Lipinski definition) is 3. The van der Waals surface area contributed by atoms with Gasteiger partial charge < -0.3 is 15.0 Å². The van der Waals surface area contributed by atoms with Crippen LogP contribution in [0.25, 0.3) is 0 Å². The van der Waals surface area contributed by atoms with Crippen molar-refractivity contribution in [2.75, 3.05) is 33.9 Å². The van der Waals surface area contributed by atoms with E-state index < -0.39 is 0 Å². The molecule has 1 N–H and O–H groups in total. The Labute approximate surface area is 108 Å². The van der Waals surface area contributed by atoms with E-state index >= 15 is 0 Å². The molecule has 0 saturated heterocycles. The lowest BCUT2D eigenvalue weighted by Gasteiger charge is -2.34. The molecule has 1 unspecified atom stereocenters. The van der Waals surface area contributed by atoms with E-state index in [9.17, 15) is 0 Å². The topological polar surface area (TPSA) is 24.5 Å². The molecule has 17 heavy (non-hydrogen) atoms. The minimum Gasteiger partial charge on any atom is -0.385 e. The van der Waals surface area contributed by atoms with Crippen molar-refractivity contribution in [1.82, 2.24) is 10.2 Å². The second-order valence-electron chi connectivity index (χ2n) is 6.27. The number of likely N-dealkylation sites (N-methyl/N-ethyl adjacent to an activating group) is 1. The third-order valence-corrected chi connectivity index (χ3v) is 3.04. The highest BCUT2D eigenvalue weighted by atomic mass is 16.5. The van der Waals surface area contributed by atoms with Crippen molar-refractivity contribution in [1.29, 1.82) is 0 Å². The maximum Gasteiger partial charge on any atom is 0.0474 e. The van der Waals surface area contributed by atoms with Crippen molar-refractivity contribution in [3.05, 3.63) is 0 Å². The van der Waals surface area contributed by atoms with Gasteiger partial charge in [0.25, 0.3) is 0 Å². The minimum absolute atomic E-state index is 0.195. The van der Waals surface area contributed by atoms with Gasteiger partial charge in [0.15, 0.2) is 0 Å². The van der Waals surface area contributed by atoms with Crippen LogP contribution in [-0.2, 0) is 4.74 Å². The zero-order valence-electron chi connectivity index (χ0n) is 12.8. The molecule has 0 spiro atoms. The van der Waals surface area contributed by atoms with Crippen molar-refractivity contribution in [2.45, 2.75) is 52.6 Å². The van der Waals surface area contributed by atoms with Crippen LogP contribution in [0.1, 0.15) is 41.0 Å². The summed E-state index contributed by atoms with van der Waals surface area (Å²) in [6.07, 6.45) is 1.10. The number of hydrogen-bond donors (Lipinski definition) is 1. The first-order valence-corrected chi connectivity index (χ1v) is 6.72. The number of rotatable bonds is 8. The zero-order valence-corrected chi connectivity index (χ0v) is 12.8. The van der Waals surface area contributed by atoms with Crippen LogP contribution in [0.5, 0.6) is 0 Å². The monoisotopic (exact) mass is 244 g/mol. The average molecular weight is 244 g/mol. The largest absolute Gasteiger partial charge is 0.385 e. The van der Waals surface area contributed by atoms with Gasteiger partial charge in [0.05, 0.1) is 0 Å². The van der Waals surface area contributed by atoms with Crippen LogP contribution in [-0.4, -0.2) is 50.3 Å². The first-order valence-electron chi connectivity index (χ1n) is 6.72. The van der Waals surface area contributed by atoms with Gasteiger partial charge in [-0.25, -0.2) is 0 Å². The van der Waals surface area contributed by atoms with Crippen LogP contribution in [0.15, 0.2) is 0 Å². The summed E-state index contributed by atoms with van der Waals surface area (Å²) in [5.41, 5.74) is 0.195. The molecule has 3 heteroatoms. The van der Waals surface area contributed by atoms with Gasteiger partial charge in [-0.05, 0) is 40.2 Å². The van der Waals surface area contributed by atoms with Crippen LogP contribution in [0.2, 0.25) is 0 Å². The molecule has 0 radical (unpaired) electrons. The molecule has 1 atom stereocenters. The second kappa shape index (κ2) is 8.06. The van der Waals surface area contributed by atoms with Crippen molar-refractivity contribution in [3.63, 3.8) is 0 Å². The summed E-state index contributed by atoms with van der Waals surface area (Å²) < 4.78 is 5.10. The van der Waals surface area contributed by atoms with Crippen LogP contribution >= 0.6 is 0 Å². The fourth-order valence-electron chi connectivity index (χ4n) is 1.94. The molecule has 0 aliphatic rings. The van der Waals surface area contributed by atoms with Crippen LogP contribution in [0, 0.1) is 5.92 Å². The molecule has 3 nitrogen and oxygen atoms in total. The summed E-state index contributed by atoms with van der Waals surface area (Å²) in [7, 11) is 3.98. The lowest BCUT2D eigenvalue weighted by atomic mass is 10.0. The molecular formula is C14H32N2O. The maximum atomic E-state index is 5.10. The number of ether oxygens (including phenoxy) is 1. The van der Waals surface area contributed by atoms with Crippen molar-refractivity contribution >= 4 is 0 Å². The Hall–Kier alpha value is -0.120. The van der Waals surface area contributed by atoms with Gasteiger partial charge in [-0.3, -0.25) is 0 Å². The molecule has 0 amide bonds. The van der Waals surface area contributed by atoms with Gasteiger partial charge in [-0.1, -0.05) is 13.8 Å². The van der Waals surface area contributed by atoms with E-state index in [-0.39, 0.29) is 5.54 Å². The summed E-state index contributed by atoms with van der Waals surface area (Å²) in [4.78, 5) is 2.45. The number of methoxy groups -OCH3 is 1. The minimum atomic E-state index is 0.195. The summed E-state index contributed by atoms with van der Waals surface area (Å²) in [6.45, 7) is 14.2. The third-order valence-electron chi connectivity index (χ3n) is 3.04. The standard InChI is InChI=1S/C14H32N2O/c1-12(2)13(11-15-14(3,4)5)16(6)9-8-10-17-7/h12-13,15H,8-11H2,1-7H3. The fourth-order valence-corrected chi connectivity index (χ4v) is 1.94. The zero-order chi connectivity index (χ0) is 13.5. The molecule has 0 aliphatic heterocycles. The first-order chi connectivity index (χ1) is 7.78. The van der Waals surface area contributed by atoms with E-state index in [2.05, 4.69) is 51.9 Å². The molecule has 0 aromatic heterocycles. The van der Waals surface area contributed by atoms with E-state index in [1.165, 1.54) is 0 Å². The third kappa shape index (κ3) is 8.58. The summed E-state index contributed by atoms with van der Waals surface area (Å²) in [5.74, 6) is 0.664. The van der Waals surface area contributed by atoms with Gasteiger partial charge in [0.1, 0.15) is 0 Å². The summed E-state index contributed by atoms with van der Waals surface area (Å²) in [6, 6.07) is 0.589. The Morgan fingerprint density at radius 1 is 1.24 bits per heavy atom. The normalized spacial score (nSPS) is 14.6. The van der Waals surface area contributed by atoms with Crippen LogP contribution in [0.4, 0.5) is 0 Å². The summed E-state index contributed by atoms with van der Waals surface area (Å²) in [5, 5.41) is 3.60. The van der Waals surface area contributed by atoms with Gasteiger partial charge in [-0.2, -0.15) is 0 Å². The SMILES string of the molecule is COCCCN(C)C(CNC(C)(C)C)C(C)C. The highest BCUT2D eigenvalue weighted by molar-refractivity contribution is 4.79. The molecule has 0 heterocycles. The Balaban J connectivity index is 4.12. The molecular weight excluding hydrogens is 212 g/mol. The Bertz CT molecular complexity index is 187. The van der Waals surface area contributed by atoms with E-state index in [0.29, 0.717) is 12.0 Å². The Morgan fingerprint density at radius 3 is 2.24 bits per heavy atom. The van der Waals surface area contributed by atoms with E-state index in [4.69, 9.17) is 4.74 Å². The average Bonchev–Trinajstić information content (AvgIpc) is 2.15. The van der Waals surface area contributed by atoms with Crippen molar-refractivity contribution in [2.24, 2.45) is 5.92 Å². The molecule has 0 fully saturated rings. The second-order valence-corrected chi connectivity index (χ2v) is 6.27. The molecule has 0 saturated carbocycles. The smallest absolute Gasteiger partial charge is 0.0474 e. The highest BCUT2D eigenvalue weighted by Crippen LogP contribution is 2.10. The number of nitrogens with one attached hydrogen (secondary N) is 1. The molecule has 0 bridgehead atoms. The van der Waals surface area contributed by atoms with Gasteiger partial charge >= 0.3 is 0 Å². The molecule has 0 aromatic rings. The van der Waals surface area contributed by atoms with E-state index in [1.807, 2.05) is 0 Å². The summed E-state index contributed by atoms with van der Waals surface area (Å²) >= 11 is 0. The molecule has 104 valence electrons. The number of nitrogens with zero attached hydrogens (tertiary/aromatic N) is 1. The fraction of sp³-hybridized carbons (Fsp3) is 1.00. The predicted molar refractivity (Wildman–Crippen MR) is 75.5 cm³/mol. The first kappa shape index (κ1) is 16.9. The highest BCUT2D eigenvalue weighted by Gasteiger charge is 2.20. The lowest BCUT2D eigenvalue weighted by molar-refractivity contribution is 0.143. The van der Waals surface area contributed by atoms with Crippen molar-refractivity contribution in [3.8, 4) is 0 Å². The Kier molecular flexibility index (Phi) is 8.01. The van der Waals surface area contributed by atoms with Gasteiger partial charge in [0, 0.05) is 38.4 Å².